The largest absolute Gasteiger partial charge is 0.473 e. The van der Waals surface area contributed by atoms with E-state index in [1.165, 1.54) is 6.08 Å². The number of phosphoric acid groups is 1. The molecule has 49 heavy (non-hydrogen) atoms. The Morgan fingerprint density at radius 2 is 1.04 bits per heavy atom. The van der Waals surface area contributed by atoms with E-state index in [-0.39, 0.29) is 12.2 Å². The second-order valence-electron chi connectivity index (χ2n) is 7.06. The van der Waals surface area contributed by atoms with Crippen molar-refractivity contribution in [2.24, 2.45) is 0 Å². The molecule has 0 radical (unpaired) electrons. The molecule has 0 heterocycles. The molecule has 6 heteroatoms. The molecule has 0 saturated carbocycles. The van der Waals surface area contributed by atoms with Crippen molar-refractivity contribution in [3.8, 4) is 107 Å². The third-order valence-corrected chi connectivity index (χ3v) is 4.65. The van der Waals surface area contributed by atoms with Crippen LogP contribution in [0.3, 0.4) is 0 Å². The molecule has 0 spiro atoms. The summed E-state index contributed by atoms with van der Waals surface area (Å²) in [5, 5.41) is 8.24. The normalized spacial score (nSPS) is 8.14. The first-order valence-corrected chi connectivity index (χ1v) is 14.6. The van der Waals surface area contributed by atoms with Crippen LogP contribution in [-0.4, -0.2) is 22.7 Å². The maximum atomic E-state index is 12.4. The minimum atomic E-state index is -4.43. The molecule has 0 aromatic heterocycles. The minimum Gasteiger partial charge on any atom is -0.461 e. The summed E-state index contributed by atoms with van der Waals surface area (Å²) >= 11 is 0. The van der Waals surface area contributed by atoms with Crippen LogP contribution in [0.2, 0.25) is 0 Å². The summed E-state index contributed by atoms with van der Waals surface area (Å²) in [7, 11) is -4.43. The highest BCUT2D eigenvalue weighted by molar-refractivity contribution is 7.47. The first-order valence-electron chi connectivity index (χ1n) is 13.1. The Bertz CT molecular complexity index is 2620. The summed E-state index contributed by atoms with van der Waals surface area (Å²) in [5.41, 5.74) is 39.9. The Morgan fingerprint density at radius 1 is 0.653 bits per heavy atom. The lowest BCUT2D eigenvalue weighted by molar-refractivity contribution is 0.138. The average molecular weight is 645 g/mol. The molecule has 0 aliphatic carbocycles. The van der Waals surface area contributed by atoms with E-state index in [0.29, 0.717) is 6.42 Å². The smallest absolute Gasteiger partial charge is 0.461 e. The zero-order chi connectivity index (χ0) is 35.9. The molecule has 0 bridgehead atoms. The Balaban J connectivity index is 6.52. The van der Waals surface area contributed by atoms with Crippen LogP contribution in [0.4, 0.5) is 0 Å². The van der Waals surface area contributed by atoms with Gasteiger partial charge in [0.2, 0.25) is 0 Å². The number of aliphatic hydroxyl groups excluding tert-OH is 1. The lowest BCUT2D eigenvalue weighted by atomic mass is 10.1. The monoisotopic (exact) mass is 644 g/mol. The molecule has 0 fully saturated rings. The fourth-order valence-electron chi connectivity index (χ4n) is 1.99. The maximum Gasteiger partial charge on any atom is 0.473 e. The van der Waals surface area contributed by atoms with Crippen molar-refractivity contribution < 1.29 is 23.6 Å². The van der Waals surface area contributed by atoms with Crippen molar-refractivity contribution >= 4 is 7.82 Å². The predicted octanol–water partition coefficient (Wildman–Crippen LogP) is 4.87. The van der Waals surface area contributed by atoms with Crippen LogP contribution in [0.25, 0.3) is 0 Å². The Hall–Kier alpha value is -8.09. The zero-order valence-electron chi connectivity index (χ0n) is 25.9. The summed E-state index contributed by atoms with van der Waals surface area (Å²) in [6, 6.07) is 0. The van der Waals surface area contributed by atoms with Gasteiger partial charge in [0.15, 0.2) is 0 Å². The van der Waals surface area contributed by atoms with E-state index in [2.05, 4.69) is 199 Å². The van der Waals surface area contributed by atoms with Crippen molar-refractivity contribution in [3.05, 3.63) is 116 Å². The lowest BCUT2D eigenvalue weighted by Crippen LogP contribution is -2.12. The van der Waals surface area contributed by atoms with Crippen molar-refractivity contribution in [2.75, 3.05) is 6.61 Å². The molecular weight excluding hydrogens is 627 g/mol. The van der Waals surface area contributed by atoms with E-state index in [1.807, 2.05) is 0 Å². The van der Waals surface area contributed by atoms with Crippen LogP contribution in [0, 0.1) is 107 Å². The lowest BCUT2D eigenvalue weighted by Gasteiger charge is -2.17. The molecule has 0 aromatic rings. The Morgan fingerprint density at radius 3 is 1.43 bits per heavy atom. The van der Waals surface area contributed by atoms with Crippen molar-refractivity contribution in [1.82, 2.24) is 0 Å². The minimum absolute atomic E-state index is 0.00986. The van der Waals surface area contributed by atoms with Crippen LogP contribution >= 0.6 is 7.82 Å². The van der Waals surface area contributed by atoms with E-state index >= 15 is 0 Å². The van der Waals surface area contributed by atoms with Crippen LogP contribution in [-0.2, 0) is 13.6 Å². The highest BCUT2D eigenvalue weighted by atomic mass is 31.2. The van der Waals surface area contributed by atoms with Crippen molar-refractivity contribution in [2.45, 2.75) is 26.4 Å². The zero-order valence-corrected chi connectivity index (χ0v) is 26.8. The highest BCUT2D eigenvalue weighted by Crippen LogP contribution is 2.45. The summed E-state index contributed by atoms with van der Waals surface area (Å²) in [6.07, 6.45) is 4.04. The van der Waals surface area contributed by atoms with Crippen LogP contribution < -0.4 is 0 Å². The quantitative estimate of drug-likeness (QED) is 0.179. The van der Waals surface area contributed by atoms with Gasteiger partial charge >= 0.3 is 7.82 Å². The third-order valence-electron chi connectivity index (χ3n) is 3.65. The summed E-state index contributed by atoms with van der Waals surface area (Å²) in [5.74, 6) is 41.5. The fourth-order valence-corrected chi connectivity index (χ4v) is 2.93. The third kappa shape index (κ3) is 28.4. The summed E-state index contributed by atoms with van der Waals surface area (Å²) < 4.78 is 22.6. The molecule has 0 aromatic carbocycles. The van der Waals surface area contributed by atoms with Crippen LogP contribution in [0.1, 0.15) is 20.3 Å². The molecule has 2 unspecified atom stereocenters. The van der Waals surface area contributed by atoms with Gasteiger partial charge in [0.1, 0.15) is 12.2 Å². The number of aliphatic hydroxyl groups is 1. The summed E-state index contributed by atoms with van der Waals surface area (Å²) in [4.78, 5) is 10.1. The van der Waals surface area contributed by atoms with Crippen LogP contribution in [0.15, 0.2) is 116 Å². The van der Waals surface area contributed by atoms with Gasteiger partial charge in [-0.15, -0.1) is 0 Å². The van der Waals surface area contributed by atoms with Gasteiger partial charge in [-0.05, 0) is 159 Å². The molecule has 2 atom stereocenters. The molecule has 0 saturated heterocycles. The molecule has 0 rings (SSSR count). The second-order valence-corrected chi connectivity index (χ2v) is 8.46. The molecule has 2 N–H and O–H groups in total. The molecular formula is C43H17O5P. The van der Waals surface area contributed by atoms with Gasteiger partial charge in [-0.3, -0.25) is 9.05 Å². The first-order chi connectivity index (χ1) is 24.0. The van der Waals surface area contributed by atoms with E-state index < -0.39 is 13.9 Å². The Labute approximate surface area is 286 Å². The SMILES string of the molecule is C=C=C=C=C=C=C=C=C=C=C=C=C=C=C=C=C=C(C#CC#CC#CC#CC#CC#CC#CC#CC#CO)C(/C=C/C)OP(=O)(O)OCCC. The van der Waals surface area contributed by atoms with E-state index in [1.54, 1.807) is 26.0 Å². The molecule has 0 amide bonds. The van der Waals surface area contributed by atoms with Gasteiger partial charge in [-0.25, -0.2) is 4.57 Å². The molecule has 5 nitrogen and oxygen atoms in total. The van der Waals surface area contributed by atoms with E-state index in [9.17, 15) is 9.46 Å². The van der Waals surface area contributed by atoms with Gasteiger partial charge in [0, 0.05) is 47.4 Å². The first kappa shape index (κ1) is 40.9. The predicted molar refractivity (Wildman–Crippen MR) is 183 cm³/mol. The molecule has 0 aliphatic heterocycles. The standard InChI is InChI=1S/C43H17O5P/c1-4-7-8-9-10-11-12-13-16-19-22-25-28-31-34-38-42(43(37-5-2)48-49(45,46)47-41-6-3)39-35-32-29-26-23-20-17-14-15-18-21-24-27-30-33-36-40-44/h5,37,43-44H,1,6,41H2,2-3H3,(H,45,46)/b37-5+. The van der Waals surface area contributed by atoms with Gasteiger partial charge in [-0.2, -0.15) is 0 Å². The number of allylic oxidation sites excluding steroid dienone is 1. The summed E-state index contributed by atoms with van der Waals surface area (Å²) in [6.45, 7) is 6.78. The number of hydrogen-bond acceptors (Lipinski definition) is 4. The number of hydrogen-bond donors (Lipinski definition) is 2. The van der Waals surface area contributed by atoms with Gasteiger partial charge in [-0.1, -0.05) is 24.8 Å². The van der Waals surface area contributed by atoms with E-state index in [4.69, 9.17) is 14.2 Å². The average Bonchev–Trinajstić information content (AvgIpc) is 3.09. The second kappa shape index (κ2) is 31.3. The Kier molecular flexibility index (Phi) is 26.2. The van der Waals surface area contributed by atoms with Crippen LogP contribution in [0.5, 0.6) is 0 Å². The van der Waals surface area contributed by atoms with Gasteiger partial charge < -0.3 is 10.00 Å². The van der Waals surface area contributed by atoms with Gasteiger partial charge in [0.05, 0.1) is 12.2 Å². The molecule has 0 aliphatic rings. The maximum absolute atomic E-state index is 12.4. The highest BCUT2D eigenvalue weighted by Gasteiger charge is 2.26. The fraction of sp³-hybridized carbons (Fsp3) is 0.116. The number of phosphoric ester groups is 1. The van der Waals surface area contributed by atoms with Crippen molar-refractivity contribution in [1.29, 1.82) is 0 Å². The van der Waals surface area contributed by atoms with Crippen molar-refractivity contribution in [3.63, 3.8) is 0 Å². The van der Waals surface area contributed by atoms with Gasteiger partial charge in [0.25, 0.3) is 0 Å². The topological polar surface area (TPSA) is 76.0 Å². The number of rotatable bonds is 7. The molecule has 224 valence electrons. The van der Waals surface area contributed by atoms with E-state index in [0.717, 1.165) is 0 Å².